The van der Waals surface area contributed by atoms with Crippen LogP contribution in [-0.2, 0) is 0 Å². The molecule has 22 heavy (non-hydrogen) atoms. The highest BCUT2D eigenvalue weighted by Crippen LogP contribution is 2.28. The Labute approximate surface area is 150 Å². The minimum absolute atomic E-state index is 0.526. The smallest absolute Gasteiger partial charge is 0.137 e. The van der Waals surface area contributed by atoms with Crippen molar-refractivity contribution in [2.24, 2.45) is 0 Å². The summed E-state index contributed by atoms with van der Waals surface area (Å²) in [6.45, 7) is 1.40. The Morgan fingerprint density at radius 2 is 1.50 bits per heavy atom. The molecule has 0 amide bonds. The van der Waals surface area contributed by atoms with E-state index in [-0.39, 0.29) is 0 Å². The van der Waals surface area contributed by atoms with Crippen molar-refractivity contribution in [2.45, 2.75) is 12.8 Å². The Morgan fingerprint density at radius 3 is 2.18 bits per heavy atom. The Kier molecular flexibility index (Phi) is 6.97. The molecule has 0 aromatic heterocycles. The lowest BCUT2D eigenvalue weighted by Gasteiger charge is -2.10. The number of hydrogen-bond donors (Lipinski definition) is 1. The summed E-state index contributed by atoms with van der Waals surface area (Å²) in [4.78, 5) is 0. The molecule has 0 bridgehead atoms. The first-order valence-electron chi connectivity index (χ1n) is 6.83. The Hall–Kier alpha value is -0.800. The fraction of sp³-hybridized carbons (Fsp3) is 0.250. The van der Waals surface area contributed by atoms with Gasteiger partial charge in [-0.05, 0) is 49.2 Å². The topological polar surface area (TPSA) is 21.3 Å². The van der Waals surface area contributed by atoms with Gasteiger partial charge in [0.1, 0.15) is 5.75 Å². The summed E-state index contributed by atoms with van der Waals surface area (Å²) in [5.41, 5.74) is 0.882. The number of anilines is 1. The number of halogens is 4. The molecule has 2 aromatic carbocycles. The van der Waals surface area contributed by atoms with Crippen LogP contribution in [0.15, 0.2) is 36.4 Å². The molecule has 0 aliphatic carbocycles. The minimum atomic E-state index is 0.526. The number of hydrogen-bond acceptors (Lipinski definition) is 2. The van der Waals surface area contributed by atoms with Crippen molar-refractivity contribution in [2.75, 3.05) is 18.5 Å². The van der Waals surface area contributed by atoms with Crippen molar-refractivity contribution >= 4 is 52.1 Å². The molecular weight excluding hydrogens is 364 g/mol. The minimum Gasteiger partial charge on any atom is -0.492 e. The zero-order valence-corrected chi connectivity index (χ0v) is 14.7. The van der Waals surface area contributed by atoms with Crippen LogP contribution in [0.25, 0.3) is 0 Å². The van der Waals surface area contributed by atoms with E-state index in [0.29, 0.717) is 32.4 Å². The zero-order chi connectivity index (χ0) is 15.9. The number of rotatable bonds is 7. The Bertz CT molecular complexity index is 578. The van der Waals surface area contributed by atoms with Crippen molar-refractivity contribution < 1.29 is 4.74 Å². The van der Waals surface area contributed by atoms with Gasteiger partial charge in [-0.3, -0.25) is 0 Å². The van der Waals surface area contributed by atoms with Crippen LogP contribution in [0.5, 0.6) is 5.75 Å². The van der Waals surface area contributed by atoms with E-state index >= 15 is 0 Å². The molecule has 0 aliphatic heterocycles. The molecule has 2 nitrogen and oxygen atoms in total. The second-order valence-electron chi connectivity index (χ2n) is 4.68. The van der Waals surface area contributed by atoms with E-state index in [4.69, 9.17) is 51.1 Å². The average molecular weight is 379 g/mol. The van der Waals surface area contributed by atoms with Crippen molar-refractivity contribution in [3.63, 3.8) is 0 Å². The maximum Gasteiger partial charge on any atom is 0.137 e. The molecule has 2 aromatic rings. The van der Waals surface area contributed by atoms with Crippen molar-refractivity contribution in [3.05, 3.63) is 56.5 Å². The molecule has 0 saturated carbocycles. The van der Waals surface area contributed by atoms with Gasteiger partial charge in [0.25, 0.3) is 0 Å². The monoisotopic (exact) mass is 377 g/mol. The van der Waals surface area contributed by atoms with E-state index < -0.39 is 0 Å². The molecule has 0 saturated heterocycles. The van der Waals surface area contributed by atoms with Gasteiger partial charge < -0.3 is 10.1 Å². The third kappa shape index (κ3) is 5.44. The fourth-order valence-electron chi connectivity index (χ4n) is 1.86. The molecule has 0 unspecified atom stereocenters. The molecule has 118 valence electrons. The van der Waals surface area contributed by atoms with Gasteiger partial charge in [-0.15, -0.1) is 0 Å². The van der Waals surface area contributed by atoms with Crippen LogP contribution in [-0.4, -0.2) is 13.2 Å². The van der Waals surface area contributed by atoms with Crippen LogP contribution in [0.1, 0.15) is 12.8 Å². The Morgan fingerprint density at radius 1 is 0.818 bits per heavy atom. The van der Waals surface area contributed by atoms with Gasteiger partial charge in [0.05, 0.1) is 22.3 Å². The lowest BCUT2D eigenvalue weighted by Crippen LogP contribution is -2.05. The first-order valence-corrected chi connectivity index (χ1v) is 8.34. The number of benzene rings is 2. The standard InChI is InChI=1S/C16H15Cl4NO/c17-11-3-5-15(13(19)9-11)21-7-1-2-8-22-16-6-4-12(18)10-14(16)20/h3-6,9-10,21H,1-2,7-8H2. The van der Waals surface area contributed by atoms with Crippen LogP contribution in [0.4, 0.5) is 5.69 Å². The highest BCUT2D eigenvalue weighted by atomic mass is 35.5. The van der Waals surface area contributed by atoms with Crippen molar-refractivity contribution in [1.29, 1.82) is 0 Å². The molecule has 0 atom stereocenters. The predicted octanol–water partition coefficient (Wildman–Crippen LogP) is 6.57. The van der Waals surface area contributed by atoms with Crippen LogP contribution < -0.4 is 10.1 Å². The zero-order valence-electron chi connectivity index (χ0n) is 11.7. The molecule has 0 spiro atoms. The number of unbranched alkanes of at least 4 members (excludes halogenated alkanes) is 1. The molecule has 6 heteroatoms. The quantitative estimate of drug-likeness (QED) is 0.550. The SMILES string of the molecule is Clc1ccc(NCCCCOc2ccc(Cl)cc2Cl)c(Cl)c1. The lowest BCUT2D eigenvalue weighted by atomic mass is 10.3. The third-order valence-corrected chi connectivity index (χ3v) is 4.05. The normalized spacial score (nSPS) is 10.5. The molecule has 0 radical (unpaired) electrons. The number of nitrogens with one attached hydrogen (secondary N) is 1. The van der Waals surface area contributed by atoms with E-state index in [1.54, 1.807) is 30.3 Å². The third-order valence-electron chi connectivity index (χ3n) is 2.97. The van der Waals surface area contributed by atoms with E-state index in [9.17, 15) is 0 Å². The first kappa shape index (κ1) is 17.6. The van der Waals surface area contributed by atoms with Gasteiger partial charge in [-0.25, -0.2) is 0 Å². The summed E-state index contributed by atoms with van der Waals surface area (Å²) in [5.74, 6) is 0.653. The van der Waals surface area contributed by atoms with E-state index in [1.807, 2.05) is 6.07 Å². The maximum atomic E-state index is 6.08. The maximum absolute atomic E-state index is 6.08. The van der Waals surface area contributed by atoms with Gasteiger partial charge in [0.2, 0.25) is 0 Å². The second-order valence-corrected chi connectivity index (χ2v) is 6.37. The summed E-state index contributed by atoms with van der Waals surface area (Å²) in [5, 5.41) is 5.64. The van der Waals surface area contributed by atoms with Crippen LogP contribution in [0, 0.1) is 0 Å². The van der Waals surface area contributed by atoms with Crippen molar-refractivity contribution in [3.8, 4) is 5.75 Å². The van der Waals surface area contributed by atoms with E-state index in [1.165, 1.54) is 0 Å². The fourth-order valence-corrected chi connectivity index (χ4v) is 2.80. The summed E-state index contributed by atoms with van der Waals surface area (Å²) in [6.07, 6.45) is 1.85. The molecule has 2 rings (SSSR count). The van der Waals surface area contributed by atoms with Crippen LogP contribution in [0.2, 0.25) is 20.1 Å². The molecule has 1 N–H and O–H groups in total. The van der Waals surface area contributed by atoms with Gasteiger partial charge >= 0.3 is 0 Å². The highest BCUT2D eigenvalue weighted by molar-refractivity contribution is 6.36. The summed E-state index contributed by atoms with van der Waals surface area (Å²) in [6, 6.07) is 10.6. The highest BCUT2D eigenvalue weighted by Gasteiger charge is 2.03. The van der Waals surface area contributed by atoms with Gasteiger partial charge in [-0.1, -0.05) is 46.4 Å². The van der Waals surface area contributed by atoms with E-state index in [0.717, 1.165) is 25.1 Å². The second kappa shape index (κ2) is 8.73. The molecule has 0 heterocycles. The first-order chi connectivity index (χ1) is 10.6. The summed E-state index contributed by atoms with van der Waals surface area (Å²) >= 11 is 23.8. The van der Waals surface area contributed by atoms with Crippen molar-refractivity contribution in [1.82, 2.24) is 0 Å². The average Bonchev–Trinajstić information content (AvgIpc) is 2.46. The molecule has 0 aliphatic rings. The van der Waals surface area contributed by atoms with Gasteiger partial charge in [-0.2, -0.15) is 0 Å². The molecule has 0 fully saturated rings. The van der Waals surface area contributed by atoms with E-state index in [2.05, 4.69) is 5.32 Å². The van der Waals surface area contributed by atoms with Crippen LogP contribution in [0.3, 0.4) is 0 Å². The largest absolute Gasteiger partial charge is 0.492 e. The predicted molar refractivity (Wildman–Crippen MR) is 96.1 cm³/mol. The van der Waals surface area contributed by atoms with Gasteiger partial charge in [0, 0.05) is 16.6 Å². The van der Waals surface area contributed by atoms with Crippen LogP contribution >= 0.6 is 46.4 Å². The summed E-state index contributed by atoms with van der Waals surface area (Å²) < 4.78 is 5.62. The number of ether oxygens (including phenoxy) is 1. The lowest BCUT2D eigenvalue weighted by molar-refractivity contribution is 0.308. The Balaban J connectivity index is 1.67. The summed E-state index contributed by atoms with van der Waals surface area (Å²) in [7, 11) is 0. The molecular formula is C16H15Cl4NO. The van der Waals surface area contributed by atoms with Gasteiger partial charge in [0.15, 0.2) is 0 Å².